The molecule has 1 N–H and O–H groups in total. The van der Waals surface area contributed by atoms with Gasteiger partial charge in [0, 0.05) is 25.2 Å². The van der Waals surface area contributed by atoms with Crippen molar-refractivity contribution < 1.29 is 0 Å². The first kappa shape index (κ1) is 13.2. The van der Waals surface area contributed by atoms with Crippen LogP contribution in [0.3, 0.4) is 0 Å². The highest BCUT2D eigenvalue weighted by Gasteiger charge is 2.18. The highest BCUT2D eigenvalue weighted by atomic mass is 15.3. The maximum absolute atomic E-state index is 4.38. The van der Waals surface area contributed by atoms with Crippen molar-refractivity contribution in [2.24, 2.45) is 12.5 Å². The van der Waals surface area contributed by atoms with E-state index in [1.807, 2.05) is 25.7 Å². The minimum Gasteiger partial charge on any atom is -0.317 e. The molecular formula is C13H25N3. The smallest absolute Gasteiger partial charge is 0.0596 e. The van der Waals surface area contributed by atoms with Crippen molar-refractivity contribution in [3.8, 4) is 0 Å². The zero-order valence-electron chi connectivity index (χ0n) is 11.5. The molecule has 0 radical (unpaired) electrons. The lowest BCUT2D eigenvalue weighted by molar-refractivity contribution is 0.313. The van der Waals surface area contributed by atoms with Gasteiger partial charge < -0.3 is 5.32 Å². The monoisotopic (exact) mass is 223 g/mol. The molecule has 1 heterocycles. The molecular weight excluding hydrogens is 198 g/mol. The highest BCUT2D eigenvalue weighted by molar-refractivity contribution is 5.10. The van der Waals surface area contributed by atoms with Crippen molar-refractivity contribution in [3.05, 3.63) is 17.5 Å². The second kappa shape index (κ2) is 5.00. The van der Waals surface area contributed by atoms with Crippen molar-refractivity contribution in [1.29, 1.82) is 0 Å². The van der Waals surface area contributed by atoms with Crippen molar-refractivity contribution in [2.75, 3.05) is 7.05 Å². The summed E-state index contributed by atoms with van der Waals surface area (Å²) in [5.41, 5.74) is 2.77. The minimum absolute atomic E-state index is 0.362. The van der Waals surface area contributed by atoms with Crippen molar-refractivity contribution >= 4 is 0 Å². The molecule has 0 aliphatic carbocycles. The largest absolute Gasteiger partial charge is 0.317 e. The van der Waals surface area contributed by atoms with Crippen molar-refractivity contribution in [2.45, 2.75) is 46.6 Å². The molecule has 3 heteroatoms. The van der Waals surface area contributed by atoms with Gasteiger partial charge in [-0.25, -0.2) is 0 Å². The van der Waals surface area contributed by atoms with Crippen LogP contribution in [0.15, 0.2) is 6.07 Å². The maximum atomic E-state index is 4.38. The first-order chi connectivity index (χ1) is 7.31. The molecule has 0 saturated heterocycles. The minimum atomic E-state index is 0.362. The molecule has 3 nitrogen and oxygen atoms in total. The summed E-state index contributed by atoms with van der Waals surface area (Å²) in [5, 5.41) is 7.79. The van der Waals surface area contributed by atoms with E-state index in [1.165, 1.54) is 12.1 Å². The lowest BCUT2D eigenvalue weighted by Crippen LogP contribution is -2.32. The Kier molecular flexibility index (Phi) is 4.14. The Hall–Kier alpha value is -0.830. The van der Waals surface area contributed by atoms with Crippen LogP contribution >= 0.6 is 0 Å². The van der Waals surface area contributed by atoms with Crippen LogP contribution < -0.4 is 5.32 Å². The molecule has 0 amide bonds. The average molecular weight is 223 g/mol. The summed E-state index contributed by atoms with van der Waals surface area (Å²) in [6.45, 7) is 8.89. The van der Waals surface area contributed by atoms with Crippen molar-refractivity contribution in [1.82, 2.24) is 15.1 Å². The van der Waals surface area contributed by atoms with E-state index in [0.29, 0.717) is 11.5 Å². The molecule has 0 aromatic carbocycles. The normalized spacial score (nSPS) is 14.1. The van der Waals surface area contributed by atoms with E-state index in [0.717, 1.165) is 12.1 Å². The van der Waals surface area contributed by atoms with Crippen LogP contribution in [-0.4, -0.2) is 22.9 Å². The standard InChI is InChI=1S/C13H25N3/c1-10-7-12(16(6)15-10)8-11(14-5)9-13(2,3)4/h7,11,14H,8-9H2,1-6H3. The van der Waals surface area contributed by atoms with E-state index in [-0.39, 0.29) is 0 Å². The van der Waals surface area contributed by atoms with E-state index in [9.17, 15) is 0 Å². The van der Waals surface area contributed by atoms with E-state index in [4.69, 9.17) is 0 Å². The molecule has 0 fully saturated rings. The molecule has 1 atom stereocenters. The van der Waals surface area contributed by atoms with E-state index in [2.05, 4.69) is 37.3 Å². The Morgan fingerprint density at radius 1 is 1.44 bits per heavy atom. The SMILES string of the molecule is CNC(Cc1cc(C)nn1C)CC(C)(C)C. The number of nitrogens with one attached hydrogen (secondary N) is 1. The zero-order valence-corrected chi connectivity index (χ0v) is 11.5. The number of rotatable bonds is 4. The van der Waals surface area contributed by atoms with Gasteiger partial charge in [0.25, 0.3) is 0 Å². The highest BCUT2D eigenvalue weighted by Crippen LogP contribution is 2.22. The molecule has 1 rings (SSSR count). The molecule has 0 spiro atoms. The summed E-state index contributed by atoms with van der Waals surface area (Å²) in [7, 11) is 4.06. The van der Waals surface area contributed by atoms with E-state index >= 15 is 0 Å². The third-order valence-electron chi connectivity index (χ3n) is 2.82. The molecule has 1 aromatic rings. The lowest BCUT2D eigenvalue weighted by atomic mass is 9.86. The Labute approximate surface area is 99.2 Å². The van der Waals surface area contributed by atoms with Gasteiger partial charge in [-0.05, 0) is 31.9 Å². The molecule has 0 aliphatic heterocycles. The number of hydrogen-bond donors (Lipinski definition) is 1. The number of aryl methyl sites for hydroxylation is 2. The van der Waals surface area contributed by atoms with Crippen LogP contribution in [0.5, 0.6) is 0 Å². The molecule has 1 unspecified atom stereocenters. The third-order valence-corrected chi connectivity index (χ3v) is 2.82. The summed E-state index contributed by atoms with van der Waals surface area (Å²) in [6, 6.07) is 2.70. The molecule has 0 aliphatic rings. The Morgan fingerprint density at radius 2 is 2.06 bits per heavy atom. The van der Waals surface area contributed by atoms with Crippen LogP contribution in [-0.2, 0) is 13.5 Å². The van der Waals surface area contributed by atoms with E-state index in [1.54, 1.807) is 0 Å². The Bertz CT molecular complexity index is 333. The summed E-state index contributed by atoms with van der Waals surface area (Å²) < 4.78 is 1.99. The molecule has 0 bridgehead atoms. The van der Waals surface area contributed by atoms with Crippen LogP contribution in [0.4, 0.5) is 0 Å². The van der Waals surface area contributed by atoms with Gasteiger partial charge in [-0.15, -0.1) is 0 Å². The number of hydrogen-bond acceptors (Lipinski definition) is 2. The fourth-order valence-corrected chi connectivity index (χ4v) is 2.12. The van der Waals surface area contributed by atoms with Crippen LogP contribution in [0.2, 0.25) is 0 Å². The molecule has 1 aromatic heterocycles. The molecule has 16 heavy (non-hydrogen) atoms. The predicted molar refractivity (Wildman–Crippen MR) is 68.6 cm³/mol. The quantitative estimate of drug-likeness (QED) is 0.849. The Morgan fingerprint density at radius 3 is 2.44 bits per heavy atom. The summed E-state index contributed by atoms with van der Waals surface area (Å²) in [5.74, 6) is 0. The van der Waals surface area contributed by atoms with E-state index < -0.39 is 0 Å². The average Bonchev–Trinajstić information content (AvgIpc) is 2.41. The first-order valence-electron chi connectivity index (χ1n) is 5.98. The summed E-state index contributed by atoms with van der Waals surface area (Å²) >= 11 is 0. The topological polar surface area (TPSA) is 29.9 Å². The second-order valence-corrected chi connectivity index (χ2v) is 5.86. The van der Waals surface area contributed by atoms with Gasteiger partial charge >= 0.3 is 0 Å². The van der Waals surface area contributed by atoms with Gasteiger partial charge in [0.2, 0.25) is 0 Å². The maximum Gasteiger partial charge on any atom is 0.0596 e. The fourth-order valence-electron chi connectivity index (χ4n) is 2.12. The van der Waals surface area contributed by atoms with Gasteiger partial charge in [-0.2, -0.15) is 5.10 Å². The van der Waals surface area contributed by atoms with Gasteiger partial charge in [0.15, 0.2) is 0 Å². The number of likely N-dealkylation sites (N-methyl/N-ethyl adjacent to an activating group) is 1. The summed E-state index contributed by atoms with van der Waals surface area (Å²) in [4.78, 5) is 0. The van der Waals surface area contributed by atoms with Gasteiger partial charge in [0.05, 0.1) is 5.69 Å². The van der Waals surface area contributed by atoms with Gasteiger partial charge in [-0.1, -0.05) is 20.8 Å². The second-order valence-electron chi connectivity index (χ2n) is 5.86. The zero-order chi connectivity index (χ0) is 12.3. The third kappa shape index (κ3) is 3.97. The predicted octanol–water partition coefficient (Wildman–Crippen LogP) is 2.30. The first-order valence-corrected chi connectivity index (χ1v) is 5.98. The fraction of sp³-hybridized carbons (Fsp3) is 0.769. The molecule has 92 valence electrons. The van der Waals surface area contributed by atoms with Crippen LogP contribution in [0.1, 0.15) is 38.6 Å². The number of nitrogens with zero attached hydrogens (tertiary/aromatic N) is 2. The van der Waals surface area contributed by atoms with Crippen LogP contribution in [0, 0.1) is 12.3 Å². The van der Waals surface area contributed by atoms with Gasteiger partial charge in [-0.3, -0.25) is 4.68 Å². The molecule has 0 saturated carbocycles. The lowest BCUT2D eigenvalue weighted by Gasteiger charge is -2.25. The Balaban J connectivity index is 2.67. The number of aromatic nitrogens is 2. The van der Waals surface area contributed by atoms with Crippen LogP contribution in [0.25, 0.3) is 0 Å². The van der Waals surface area contributed by atoms with Crippen molar-refractivity contribution in [3.63, 3.8) is 0 Å². The van der Waals surface area contributed by atoms with Gasteiger partial charge in [0.1, 0.15) is 0 Å². The summed E-state index contributed by atoms with van der Waals surface area (Å²) in [6.07, 6.45) is 2.22.